The summed E-state index contributed by atoms with van der Waals surface area (Å²) >= 11 is 1.62. The fraction of sp³-hybridized carbons (Fsp3) is 0.167. The number of anilines is 1. The second kappa shape index (κ2) is 7.01. The van der Waals surface area contributed by atoms with Crippen LogP contribution in [0.2, 0.25) is 0 Å². The Kier molecular flexibility index (Phi) is 4.40. The molecule has 0 aliphatic rings. The van der Waals surface area contributed by atoms with Gasteiger partial charge in [-0.05, 0) is 24.6 Å². The fourth-order valence-corrected chi connectivity index (χ4v) is 3.57. The van der Waals surface area contributed by atoms with Gasteiger partial charge in [0.25, 0.3) is 0 Å². The van der Waals surface area contributed by atoms with Gasteiger partial charge in [0.05, 0.1) is 42.0 Å². The molecule has 3 heterocycles. The predicted molar refractivity (Wildman–Crippen MR) is 101 cm³/mol. The number of benzene rings is 1. The van der Waals surface area contributed by atoms with Crippen molar-refractivity contribution in [2.24, 2.45) is 0 Å². The molecule has 3 aromatic heterocycles. The van der Waals surface area contributed by atoms with Crippen LogP contribution in [0.5, 0.6) is 5.75 Å². The molecule has 8 heteroatoms. The number of fused-ring (bicyclic) bond motifs is 1. The molecular weight excluding hydrogens is 348 g/mol. The van der Waals surface area contributed by atoms with Gasteiger partial charge in [-0.3, -0.25) is 4.98 Å². The van der Waals surface area contributed by atoms with Crippen molar-refractivity contribution < 1.29 is 4.74 Å². The van der Waals surface area contributed by atoms with Gasteiger partial charge < -0.3 is 10.1 Å². The molecule has 7 nitrogen and oxygen atoms in total. The van der Waals surface area contributed by atoms with Gasteiger partial charge in [0.1, 0.15) is 10.8 Å². The van der Waals surface area contributed by atoms with Crippen LogP contribution in [0.15, 0.2) is 42.9 Å². The molecule has 4 rings (SSSR count). The Balaban J connectivity index is 1.58. The largest absolute Gasteiger partial charge is 0.496 e. The number of aryl methyl sites for hydroxylation is 1. The van der Waals surface area contributed by atoms with Crippen molar-refractivity contribution in [2.75, 3.05) is 12.4 Å². The summed E-state index contributed by atoms with van der Waals surface area (Å²) in [6.07, 6.45) is 5.17. The van der Waals surface area contributed by atoms with Crippen LogP contribution in [0.3, 0.4) is 0 Å². The highest BCUT2D eigenvalue weighted by atomic mass is 32.1. The lowest BCUT2D eigenvalue weighted by Crippen LogP contribution is -2.05. The second-order valence-corrected chi connectivity index (χ2v) is 6.74. The van der Waals surface area contributed by atoms with Gasteiger partial charge in [0, 0.05) is 11.8 Å². The summed E-state index contributed by atoms with van der Waals surface area (Å²) in [6, 6.07) is 7.84. The lowest BCUT2D eigenvalue weighted by Gasteiger charge is -2.11. The van der Waals surface area contributed by atoms with Crippen molar-refractivity contribution in [3.63, 3.8) is 0 Å². The summed E-state index contributed by atoms with van der Waals surface area (Å²) in [6.45, 7) is 2.54. The average Bonchev–Trinajstić information content (AvgIpc) is 3.09. The first-order chi connectivity index (χ1) is 12.7. The summed E-state index contributed by atoms with van der Waals surface area (Å²) in [4.78, 5) is 13.2. The smallest absolute Gasteiger partial charge is 0.243 e. The zero-order valence-electron chi connectivity index (χ0n) is 14.3. The van der Waals surface area contributed by atoms with E-state index < -0.39 is 0 Å². The minimum Gasteiger partial charge on any atom is -0.496 e. The lowest BCUT2D eigenvalue weighted by atomic mass is 10.1. The average molecular weight is 364 g/mol. The Morgan fingerprint density at radius 3 is 2.92 bits per heavy atom. The summed E-state index contributed by atoms with van der Waals surface area (Å²) in [5.74, 6) is 1.21. The number of aromatic nitrogens is 5. The highest BCUT2D eigenvalue weighted by molar-refractivity contribution is 7.18. The molecule has 0 aliphatic heterocycles. The van der Waals surface area contributed by atoms with E-state index >= 15 is 0 Å². The summed E-state index contributed by atoms with van der Waals surface area (Å²) in [5, 5.41) is 12.3. The number of ether oxygens (including phenoxy) is 1. The number of nitrogens with one attached hydrogen (secondary N) is 1. The zero-order valence-corrected chi connectivity index (χ0v) is 15.1. The standard InChI is InChI=1S/C18H16N6OS/c1-11-4-3-5-14(25-2)17(11)13-9-21-24-18(23-13)20-10-16-22-12-8-19-7-6-15(12)26-16/h3-9H,10H2,1-2H3,(H,20,23,24). The van der Waals surface area contributed by atoms with Gasteiger partial charge in [0.15, 0.2) is 0 Å². The quantitative estimate of drug-likeness (QED) is 0.580. The molecule has 0 radical (unpaired) electrons. The van der Waals surface area contributed by atoms with E-state index in [4.69, 9.17) is 4.74 Å². The number of nitrogens with zero attached hydrogens (tertiary/aromatic N) is 5. The molecule has 0 atom stereocenters. The van der Waals surface area contributed by atoms with Gasteiger partial charge in [-0.2, -0.15) is 5.10 Å². The van der Waals surface area contributed by atoms with E-state index in [1.165, 1.54) is 0 Å². The number of thiazole rings is 1. The van der Waals surface area contributed by atoms with E-state index in [1.807, 2.05) is 31.2 Å². The number of rotatable bonds is 5. The van der Waals surface area contributed by atoms with E-state index in [2.05, 4.69) is 30.5 Å². The molecule has 130 valence electrons. The lowest BCUT2D eigenvalue weighted by molar-refractivity contribution is 0.416. The van der Waals surface area contributed by atoms with Gasteiger partial charge in [0.2, 0.25) is 5.95 Å². The van der Waals surface area contributed by atoms with E-state index in [9.17, 15) is 0 Å². The second-order valence-electron chi connectivity index (χ2n) is 5.62. The van der Waals surface area contributed by atoms with Crippen LogP contribution in [0.25, 0.3) is 21.5 Å². The van der Waals surface area contributed by atoms with E-state index in [0.717, 1.165) is 32.1 Å². The molecule has 1 N–H and O–H groups in total. The van der Waals surface area contributed by atoms with E-state index in [1.54, 1.807) is 37.0 Å². The highest BCUT2D eigenvalue weighted by Gasteiger charge is 2.12. The third-order valence-corrected chi connectivity index (χ3v) is 4.94. The Hall–Kier alpha value is -3.13. The molecule has 26 heavy (non-hydrogen) atoms. The molecule has 0 bridgehead atoms. The van der Waals surface area contributed by atoms with Crippen molar-refractivity contribution in [1.82, 2.24) is 25.1 Å². The van der Waals surface area contributed by atoms with Gasteiger partial charge in [-0.1, -0.05) is 12.1 Å². The Morgan fingerprint density at radius 1 is 1.15 bits per heavy atom. The number of methoxy groups -OCH3 is 1. The fourth-order valence-electron chi connectivity index (χ4n) is 2.70. The van der Waals surface area contributed by atoms with Crippen LogP contribution >= 0.6 is 11.3 Å². The van der Waals surface area contributed by atoms with Crippen LogP contribution in [0.4, 0.5) is 5.95 Å². The molecule has 0 saturated carbocycles. The van der Waals surface area contributed by atoms with Crippen molar-refractivity contribution >= 4 is 27.5 Å². The van der Waals surface area contributed by atoms with Crippen LogP contribution in [-0.2, 0) is 6.54 Å². The number of pyridine rings is 1. The summed E-state index contributed by atoms with van der Waals surface area (Å²) < 4.78 is 6.57. The monoisotopic (exact) mass is 364 g/mol. The van der Waals surface area contributed by atoms with Gasteiger partial charge in [-0.25, -0.2) is 9.97 Å². The minimum absolute atomic E-state index is 0.449. The predicted octanol–water partition coefficient (Wildman–Crippen LogP) is 3.47. The molecule has 0 aliphatic carbocycles. The molecule has 0 amide bonds. The van der Waals surface area contributed by atoms with E-state index in [0.29, 0.717) is 18.2 Å². The van der Waals surface area contributed by atoms with Crippen molar-refractivity contribution in [1.29, 1.82) is 0 Å². The van der Waals surface area contributed by atoms with Crippen molar-refractivity contribution in [3.8, 4) is 17.0 Å². The van der Waals surface area contributed by atoms with Crippen LogP contribution in [-0.4, -0.2) is 32.3 Å². The third kappa shape index (κ3) is 3.18. The Morgan fingerprint density at radius 2 is 2.08 bits per heavy atom. The van der Waals surface area contributed by atoms with Crippen molar-refractivity contribution in [2.45, 2.75) is 13.5 Å². The maximum absolute atomic E-state index is 5.46. The molecule has 0 spiro atoms. The Labute approximate surface area is 154 Å². The molecule has 0 unspecified atom stereocenters. The normalized spacial score (nSPS) is 10.8. The van der Waals surface area contributed by atoms with Gasteiger partial charge in [-0.15, -0.1) is 16.4 Å². The first-order valence-electron chi connectivity index (χ1n) is 8.01. The maximum atomic E-state index is 5.46. The molecule has 4 aromatic rings. The van der Waals surface area contributed by atoms with Crippen molar-refractivity contribution in [3.05, 3.63) is 53.4 Å². The van der Waals surface area contributed by atoms with Crippen LogP contribution < -0.4 is 10.1 Å². The SMILES string of the molecule is COc1cccc(C)c1-c1cnnc(NCc2nc3cnccc3s2)n1. The molecule has 0 fully saturated rings. The molecule has 1 aromatic carbocycles. The van der Waals surface area contributed by atoms with Gasteiger partial charge >= 0.3 is 0 Å². The first-order valence-corrected chi connectivity index (χ1v) is 8.83. The summed E-state index contributed by atoms with van der Waals surface area (Å²) in [5.41, 5.74) is 3.59. The Bertz CT molecular complexity index is 1030. The van der Waals surface area contributed by atoms with E-state index in [-0.39, 0.29) is 0 Å². The zero-order chi connectivity index (χ0) is 17.9. The number of hydrogen-bond acceptors (Lipinski definition) is 8. The molecular formula is C18H16N6OS. The highest BCUT2D eigenvalue weighted by Crippen LogP contribution is 2.31. The van der Waals surface area contributed by atoms with Crippen LogP contribution in [0.1, 0.15) is 10.6 Å². The third-order valence-electron chi connectivity index (χ3n) is 3.90. The number of hydrogen-bond donors (Lipinski definition) is 1. The first kappa shape index (κ1) is 16.3. The summed E-state index contributed by atoms with van der Waals surface area (Å²) in [7, 11) is 1.65. The molecule has 0 saturated heterocycles. The minimum atomic E-state index is 0.449. The van der Waals surface area contributed by atoms with Crippen LogP contribution in [0, 0.1) is 6.92 Å². The maximum Gasteiger partial charge on any atom is 0.243 e. The topological polar surface area (TPSA) is 85.7 Å².